The maximum atomic E-state index is 11.9. The van der Waals surface area contributed by atoms with E-state index in [4.69, 9.17) is 0 Å². The molecule has 4 heteroatoms. The first kappa shape index (κ1) is 17.2. The van der Waals surface area contributed by atoms with E-state index in [0.29, 0.717) is 5.92 Å². The van der Waals surface area contributed by atoms with Gasteiger partial charge in [-0.2, -0.15) is 0 Å². The Balaban J connectivity index is 1.71. The molecule has 130 valence electrons. The van der Waals surface area contributed by atoms with Gasteiger partial charge in [-0.15, -0.1) is 0 Å². The molecule has 0 aromatic heterocycles. The Kier molecular flexibility index (Phi) is 4.88. The number of hydrogen-bond acceptors (Lipinski definition) is 3. The number of likely N-dealkylation sites (N-methyl/N-ethyl adjacent to an activating group) is 1. The van der Waals surface area contributed by atoms with E-state index in [0.717, 1.165) is 24.8 Å². The lowest BCUT2D eigenvalue weighted by Gasteiger charge is -2.22. The highest BCUT2D eigenvalue weighted by molar-refractivity contribution is 6.25. The molecule has 0 saturated carbocycles. The third kappa shape index (κ3) is 3.73. The van der Waals surface area contributed by atoms with Crippen molar-refractivity contribution in [3.05, 3.63) is 70.5 Å². The van der Waals surface area contributed by atoms with Gasteiger partial charge in [-0.25, -0.2) is 0 Å². The summed E-state index contributed by atoms with van der Waals surface area (Å²) in [6.45, 7) is 2.00. The zero-order chi connectivity index (χ0) is 18.0. The molecule has 2 aliphatic rings. The largest absolute Gasteiger partial charge is 0.507 e. The Morgan fingerprint density at radius 1 is 1.20 bits per heavy atom. The second-order valence-corrected chi connectivity index (χ2v) is 6.86. The number of carbonyl (C=O) groups excluding carboxylic acids is 2. The van der Waals surface area contributed by atoms with Crippen molar-refractivity contribution in [1.82, 2.24) is 4.90 Å². The summed E-state index contributed by atoms with van der Waals surface area (Å²) < 4.78 is 0. The predicted octanol–water partition coefficient (Wildman–Crippen LogP) is 3.15. The first-order chi connectivity index (χ1) is 12.0. The van der Waals surface area contributed by atoms with Crippen LogP contribution in [0.5, 0.6) is 0 Å². The maximum Gasteiger partial charge on any atom is 0.261 e. The lowest BCUT2D eigenvalue weighted by atomic mass is 9.83. The number of hydrogen-bond donors (Lipinski definition) is 1. The minimum absolute atomic E-state index is 0.0301. The number of aliphatic hydroxyl groups is 1. The average molecular weight is 337 g/mol. The van der Waals surface area contributed by atoms with Crippen LogP contribution in [0.4, 0.5) is 0 Å². The van der Waals surface area contributed by atoms with Crippen molar-refractivity contribution in [2.75, 3.05) is 13.6 Å². The molecule has 0 bridgehead atoms. The van der Waals surface area contributed by atoms with Crippen LogP contribution in [0, 0.1) is 5.92 Å². The molecule has 1 amide bonds. The third-order valence-corrected chi connectivity index (χ3v) is 4.86. The van der Waals surface area contributed by atoms with Gasteiger partial charge < -0.3 is 10.0 Å². The molecule has 0 spiro atoms. The quantitative estimate of drug-likeness (QED) is 0.399. The molecule has 1 saturated heterocycles. The van der Waals surface area contributed by atoms with Crippen LogP contribution in [-0.4, -0.2) is 35.3 Å². The van der Waals surface area contributed by atoms with Crippen LogP contribution >= 0.6 is 0 Å². The maximum absolute atomic E-state index is 11.9. The molecular weight excluding hydrogens is 314 g/mol. The summed E-state index contributed by atoms with van der Waals surface area (Å²) in [5.41, 5.74) is 3.74. The highest BCUT2D eigenvalue weighted by atomic mass is 16.3. The molecule has 0 radical (unpaired) electrons. The van der Waals surface area contributed by atoms with Crippen LogP contribution in [0.3, 0.4) is 0 Å². The number of Topliss-reactive ketones (excluding diaryl/α,β-unsaturated/α-hetero) is 1. The van der Waals surface area contributed by atoms with E-state index in [9.17, 15) is 14.7 Å². The second kappa shape index (κ2) is 7.09. The van der Waals surface area contributed by atoms with Crippen LogP contribution in [-0.2, 0) is 22.4 Å². The van der Waals surface area contributed by atoms with E-state index in [-0.39, 0.29) is 23.7 Å². The number of carbonyl (C=O) groups is 2. The van der Waals surface area contributed by atoms with E-state index in [1.807, 2.05) is 6.92 Å². The van der Waals surface area contributed by atoms with E-state index in [2.05, 4.69) is 30.3 Å². The van der Waals surface area contributed by atoms with Crippen molar-refractivity contribution in [3.63, 3.8) is 0 Å². The Hall–Kier alpha value is -2.62. The number of rotatable bonds is 3. The zero-order valence-corrected chi connectivity index (χ0v) is 14.7. The van der Waals surface area contributed by atoms with Crippen LogP contribution < -0.4 is 0 Å². The van der Waals surface area contributed by atoms with E-state index in [1.165, 1.54) is 22.1 Å². The molecule has 1 aliphatic carbocycles. The smallest absolute Gasteiger partial charge is 0.261 e. The van der Waals surface area contributed by atoms with Gasteiger partial charge in [0.25, 0.3) is 5.91 Å². The third-order valence-electron chi connectivity index (χ3n) is 4.86. The van der Waals surface area contributed by atoms with Crippen molar-refractivity contribution < 1.29 is 14.7 Å². The summed E-state index contributed by atoms with van der Waals surface area (Å²) in [6.07, 6.45) is 8.63. The number of nitrogens with zero attached hydrogens (tertiary/aromatic N) is 1. The summed E-state index contributed by atoms with van der Waals surface area (Å²) >= 11 is 0. The van der Waals surface area contributed by atoms with Crippen molar-refractivity contribution in [3.8, 4) is 0 Å². The van der Waals surface area contributed by atoms with Gasteiger partial charge in [0.15, 0.2) is 5.78 Å². The molecule has 1 atom stereocenters. The fraction of sp³-hybridized carbons (Fsp3) is 0.333. The minimum Gasteiger partial charge on any atom is -0.507 e. The molecule has 1 aromatic carbocycles. The molecule has 4 nitrogen and oxygen atoms in total. The summed E-state index contributed by atoms with van der Waals surface area (Å²) in [5.74, 6) is -0.533. The number of ketones is 1. The van der Waals surface area contributed by atoms with Crippen LogP contribution in [0.1, 0.15) is 24.5 Å². The molecule has 3 rings (SSSR count). The summed E-state index contributed by atoms with van der Waals surface area (Å²) in [6, 6.07) is 8.54. The van der Waals surface area contributed by atoms with Crippen LogP contribution in [0.15, 0.2) is 59.4 Å². The Bertz CT molecular complexity index is 801. The van der Waals surface area contributed by atoms with Crippen molar-refractivity contribution in [2.45, 2.75) is 26.2 Å². The summed E-state index contributed by atoms with van der Waals surface area (Å²) in [7, 11) is 1.55. The predicted molar refractivity (Wildman–Crippen MR) is 97.2 cm³/mol. The van der Waals surface area contributed by atoms with Gasteiger partial charge in [0.1, 0.15) is 11.3 Å². The Morgan fingerprint density at radius 3 is 2.60 bits per heavy atom. The average Bonchev–Trinajstić information content (AvgIpc) is 2.85. The van der Waals surface area contributed by atoms with Gasteiger partial charge >= 0.3 is 0 Å². The van der Waals surface area contributed by atoms with Crippen molar-refractivity contribution >= 4 is 11.7 Å². The highest BCUT2D eigenvalue weighted by Gasteiger charge is 2.33. The molecule has 25 heavy (non-hydrogen) atoms. The molecule has 1 fully saturated rings. The lowest BCUT2D eigenvalue weighted by Crippen LogP contribution is -2.19. The Morgan fingerprint density at radius 2 is 1.92 bits per heavy atom. The number of amides is 1. The van der Waals surface area contributed by atoms with Gasteiger partial charge in [-0.1, -0.05) is 42.0 Å². The Labute approximate surface area is 148 Å². The van der Waals surface area contributed by atoms with E-state index < -0.39 is 5.91 Å². The number of allylic oxidation sites excluding steroid dienone is 4. The minimum atomic E-state index is -0.419. The normalized spacial score (nSPS) is 23.4. The summed E-state index contributed by atoms with van der Waals surface area (Å²) in [4.78, 5) is 25.0. The lowest BCUT2D eigenvalue weighted by molar-refractivity contribution is -0.123. The first-order valence-corrected chi connectivity index (χ1v) is 8.61. The number of aliphatic hydroxyl groups excluding tert-OH is 1. The number of fused-ring (bicyclic) bond motifs is 1. The van der Waals surface area contributed by atoms with Crippen molar-refractivity contribution in [2.24, 2.45) is 5.92 Å². The first-order valence-electron chi connectivity index (χ1n) is 8.61. The fourth-order valence-electron chi connectivity index (χ4n) is 3.52. The van der Waals surface area contributed by atoms with Crippen LogP contribution in [0.2, 0.25) is 0 Å². The van der Waals surface area contributed by atoms with Crippen LogP contribution in [0.25, 0.3) is 0 Å². The number of aryl methyl sites for hydroxylation is 1. The molecule has 1 heterocycles. The summed E-state index contributed by atoms with van der Waals surface area (Å²) in [5, 5.41) is 10.1. The van der Waals surface area contributed by atoms with Crippen molar-refractivity contribution in [1.29, 1.82) is 0 Å². The van der Waals surface area contributed by atoms with Gasteiger partial charge in [0, 0.05) is 7.05 Å². The topological polar surface area (TPSA) is 57.6 Å². The highest BCUT2D eigenvalue weighted by Crippen LogP contribution is 2.27. The molecule has 1 unspecified atom stereocenters. The molecule has 1 N–H and O–H groups in total. The SMILES string of the molecule is CC(/C=C/C(O)=C1\C(=O)CN(C)C1=O)=C\C1CCc2ccccc2C1. The fourth-order valence-corrected chi connectivity index (χ4v) is 3.52. The molecule has 1 aromatic rings. The van der Waals surface area contributed by atoms with E-state index in [1.54, 1.807) is 13.1 Å². The zero-order valence-electron chi connectivity index (χ0n) is 14.7. The second-order valence-electron chi connectivity index (χ2n) is 6.86. The molecule has 1 aliphatic heterocycles. The number of likely N-dealkylation sites (tertiary alicyclic amines) is 1. The molecular formula is C21H23NO3. The van der Waals surface area contributed by atoms with Gasteiger partial charge in [0.2, 0.25) is 0 Å². The monoisotopic (exact) mass is 337 g/mol. The van der Waals surface area contributed by atoms with Gasteiger partial charge in [0.05, 0.1) is 6.54 Å². The van der Waals surface area contributed by atoms with E-state index >= 15 is 0 Å². The van der Waals surface area contributed by atoms with Gasteiger partial charge in [-0.3, -0.25) is 9.59 Å². The number of benzene rings is 1. The van der Waals surface area contributed by atoms with Gasteiger partial charge in [-0.05, 0) is 49.3 Å². The standard InChI is InChI=1S/C21H23NO3/c1-14(7-10-18(23)20-19(24)13-22(2)21(20)25)11-15-8-9-16-5-3-4-6-17(16)12-15/h3-7,10-11,15,23H,8-9,12-13H2,1-2H3/b10-7+,14-11+,20-18-.